The third kappa shape index (κ3) is 4.84. The molecule has 2 aromatic carbocycles. The minimum atomic E-state index is -0.431. The quantitative estimate of drug-likeness (QED) is 0.342. The average molecular weight is 602 g/mol. The van der Waals surface area contributed by atoms with Gasteiger partial charge in [0.1, 0.15) is 5.82 Å². The molecule has 10 heteroatoms. The molecule has 2 aromatic heterocycles. The highest BCUT2D eigenvalue weighted by Gasteiger charge is 2.40. The number of imide groups is 1. The van der Waals surface area contributed by atoms with Gasteiger partial charge in [-0.05, 0) is 53.4 Å². The Morgan fingerprint density at radius 1 is 1.00 bits per heavy atom. The minimum absolute atomic E-state index is 0.0374. The summed E-state index contributed by atoms with van der Waals surface area (Å²) in [5.74, 6) is 0.321. The fraction of sp³-hybridized carbons (Fsp3) is 0.343. The summed E-state index contributed by atoms with van der Waals surface area (Å²) in [7, 11) is 0. The molecule has 2 aliphatic heterocycles. The maximum absolute atomic E-state index is 14.0. The Balaban J connectivity index is 1.09. The smallest absolute Gasteiger partial charge is 0.329 e. The van der Waals surface area contributed by atoms with Crippen molar-refractivity contribution < 1.29 is 14.4 Å². The SMILES string of the molecule is CCc1cc2c(cc1N1CCN(Cc3ccc(N4CCC(=O)NC4=O)nc3)CC1)C(C)(C)c1[nH]c3cc(C#N)ccc3c1C2=O. The Labute approximate surface area is 261 Å². The van der Waals surface area contributed by atoms with Gasteiger partial charge in [-0.1, -0.05) is 32.9 Å². The number of benzene rings is 2. The number of aryl methyl sites for hydroxylation is 1. The molecule has 10 nitrogen and oxygen atoms in total. The number of nitrogens with one attached hydrogen (secondary N) is 2. The van der Waals surface area contributed by atoms with E-state index in [1.807, 2.05) is 30.5 Å². The topological polar surface area (TPSA) is 125 Å². The summed E-state index contributed by atoms with van der Waals surface area (Å²) in [6.07, 6.45) is 2.90. The number of hydrogen-bond acceptors (Lipinski definition) is 7. The number of piperazine rings is 1. The zero-order valence-corrected chi connectivity index (χ0v) is 25.7. The van der Waals surface area contributed by atoms with Gasteiger partial charge in [-0.25, -0.2) is 9.78 Å². The van der Waals surface area contributed by atoms with E-state index in [9.17, 15) is 19.6 Å². The van der Waals surface area contributed by atoms with Gasteiger partial charge in [-0.3, -0.25) is 24.7 Å². The molecule has 0 unspecified atom stereocenters. The van der Waals surface area contributed by atoms with Gasteiger partial charge in [0.2, 0.25) is 5.91 Å². The molecule has 7 rings (SSSR count). The van der Waals surface area contributed by atoms with Crippen LogP contribution in [0.1, 0.15) is 71.1 Å². The molecule has 0 spiro atoms. The second-order valence-corrected chi connectivity index (χ2v) is 12.6. The van der Waals surface area contributed by atoms with Crippen LogP contribution in [0.25, 0.3) is 10.9 Å². The summed E-state index contributed by atoms with van der Waals surface area (Å²) in [6.45, 7) is 11.1. The van der Waals surface area contributed by atoms with Gasteiger partial charge < -0.3 is 9.88 Å². The number of fused-ring (bicyclic) bond motifs is 4. The number of urea groups is 1. The number of carbonyl (C=O) groups excluding carboxylic acids is 3. The van der Waals surface area contributed by atoms with Gasteiger partial charge in [0, 0.05) is 85.1 Å². The molecule has 0 atom stereocenters. The number of carbonyl (C=O) groups is 3. The first-order chi connectivity index (χ1) is 21.7. The minimum Gasteiger partial charge on any atom is -0.369 e. The lowest BCUT2D eigenvalue weighted by molar-refractivity contribution is -0.120. The van der Waals surface area contributed by atoms with Gasteiger partial charge in [0.05, 0.1) is 17.2 Å². The molecule has 2 N–H and O–H groups in total. The zero-order valence-electron chi connectivity index (χ0n) is 25.7. The molecule has 4 heterocycles. The van der Waals surface area contributed by atoms with Gasteiger partial charge in [0.25, 0.3) is 0 Å². The summed E-state index contributed by atoms with van der Waals surface area (Å²) in [5.41, 5.74) is 7.80. The van der Waals surface area contributed by atoms with Crippen LogP contribution in [0, 0.1) is 11.3 Å². The molecule has 3 aliphatic rings. The van der Waals surface area contributed by atoms with Crippen molar-refractivity contribution in [2.24, 2.45) is 0 Å². The van der Waals surface area contributed by atoms with Gasteiger partial charge in [-0.15, -0.1) is 0 Å². The molecule has 3 amide bonds. The Hall–Kier alpha value is -5.01. The average Bonchev–Trinajstić information content (AvgIpc) is 3.44. The summed E-state index contributed by atoms with van der Waals surface area (Å²) in [6, 6.07) is 15.4. The number of pyridine rings is 1. The van der Waals surface area contributed by atoms with Gasteiger partial charge in [0.15, 0.2) is 5.78 Å². The van der Waals surface area contributed by atoms with E-state index in [1.54, 1.807) is 6.07 Å². The predicted molar refractivity (Wildman–Crippen MR) is 172 cm³/mol. The second-order valence-electron chi connectivity index (χ2n) is 12.6. The van der Waals surface area contributed by atoms with Gasteiger partial charge in [-0.2, -0.15) is 5.26 Å². The third-order valence-electron chi connectivity index (χ3n) is 9.56. The maximum atomic E-state index is 14.0. The standard InChI is InChI=1S/C35H35N7O3/c1-4-23-16-25-26(35(2,3)33-31(32(25)44)24-7-5-21(18-36)15-27(24)38-33)17-28(23)41-13-11-40(12-14-41)20-22-6-8-29(37-19-22)42-10-9-30(43)39-34(42)45/h5-8,15-17,19,38H,4,9-14,20H2,1-3H3,(H,39,43,45). The van der Waals surface area contributed by atoms with Crippen LogP contribution in [-0.4, -0.2) is 65.3 Å². The highest BCUT2D eigenvalue weighted by atomic mass is 16.2. The predicted octanol–water partition coefficient (Wildman–Crippen LogP) is 4.64. The lowest BCUT2D eigenvalue weighted by Gasteiger charge is -2.39. The molecule has 2 fully saturated rings. The number of anilines is 2. The Morgan fingerprint density at radius 2 is 1.80 bits per heavy atom. The van der Waals surface area contributed by atoms with Crippen molar-refractivity contribution in [3.05, 3.63) is 87.7 Å². The van der Waals surface area contributed by atoms with Crippen molar-refractivity contribution in [3.8, 4) is 6.07 Å². The number of H-pyrrole nitrogens is 1. The molecule has 0 saturated carbocycles. The molecule has 228 valence electrons. The highest BCUT2D eigenvalue weighted by molar-refractivity contribution is 6.20. The largest absolute Gasteiger partial charge is 0.369 e. The normalized spacial score (nSPS) is 18.0. The van der Waals surface area contributed by atoms with E-state index in [0.717, 1.165) is 72.4 Å². The highest BCUT2D eigenvalue weighted by Crippen LogP contribution is 2.46. The van der Waals surface area contributed by atoms with Crippen molar-refractivity contribution in [2.75, 3.05) is 42.5 Å². The molecule has 45 heavy (non-hydrogen) atoms. The number of aromatic amines is 1. The van der Waals surface area contributed by atoms with E-state index in [4.69, 9.17) is 0 Å². The first-order valence-corrected chi connectivity index (χ1v) is 15.5. The Bertz CT molecular complexity index is 1910. The molecule has 0 bridgehead atoms. The molecule has 0 radical (unpaired) electrons. The Kier molecular flexibility index (Phi) is 6.94. The van der Waals surface area contributed by atoms with E-state index >= 15 is 0 Å². The first kappa shape index (κ1) is 28.7. The molecular weight excluding hydrogens is 566 g/mol. The number of ketones is 1. The van der Waals surface area contributed by atoms with Crippen molar-refractivity contribution >= 4 is 40.1 Å². The number of amides is 3. The summed E-state index contributed by atoms with van der Waals surface area (Å²) >= 11 is 0. The molecular formula is C35H35N7O3. The maximum Gasteiger partial charge on any atom is 0.329 e. The number of hydrogen-bond donors (Lipinski definition) is 2. The van der Waals surface area contributed by atoms with Crippen molar-refractivity contribution in [1.29, 1.82) is 5.26 Å². The lowest BCUT2D eigenvalue weighted by atomic mass is 9.70. The van der Waals surface area contributed by atoms with Crippen LogP contribution in [0.2, 0.25) is 0 Å². The molecule has 4 aromatic rings. The van der Waals surface area contributed by atoms with Crippen LogP contribution in [0.3, 0.4) is 0 Å². The van der Waals surface area contributed by atoms with Crippen LogP contribution in [0.5, 0.6) is 0 Å². The van der Waals surface area contributed by atoms with Crippen LogP contribution in [0.15, 0.2) is 48.7 Å². The third-order valence-corrected chi connectivity index (χ3v) is 9.56. The molecule has 1 aliphatic carbocycles. The van der Waals surface area contributed by atoms with E-state index in [-0.39, 0.29) is 18.1 Å². The van der Waals surface area contributed by atoms with Crippen LogP contribution in [-0.2, 0) is 23.2 Å². The number of nitriles is 1. The second kappa shape index (κ2) is 10.9. The molecule has 2 saturated heterocycles. The summed E-state index contributed by atoms with van der Waals surface area (Å²) < 4.78 is 0. The number of aromatic nitrogens is 2. The van der Waals surface area contributed by atoms with E-state index in [1.165, 1.54) is 16.2 Å². The number of nitrogens with zero attached hydrogens (tertiary/aromatic N) is 5. The van der Waals surface area contributed by atoms with Crippen LogP contribution < -0.4 is 15.1 Å². The van der Waals surface area contributed by atoms with Gasteiger partial charge >= 0.3 is 6.03 Å². The zero-order chi connectivity index (χ0) is 31.5. The van der Waals surface area contributed by atoms with E-state index in [0.29, 0.717) is 23.5 Å². The van der Waals surface area contributed by atoms with Crippen molar-refractivity contribution in [1.82, 2.24) is 20.2 Å². The van der Waals surface area contributed by atoms with Crippen molar-refractivity contribution in [3.63, 3.8) is 0 Å². The van der Waals surface area contributed by atoms with E-state index < -0.39 is 11.4 Å². The van der Waals surface area contributed by atoms with Crippen molar-refractivity contribution in [2.45, 2.75) is 45.6 Å². The van der Waals surface area contributed by atoms with Crippen LogP contribution in [0.4, 0.5) is 16.3 Å². The first-order valence-electron chi connectivity index (χ1n) is 15.5. The number of rotatable bonds is 5. The fourth-order valence-electron chi connectivity index (χ4n) is 7.01. The van der Waals surface area contributed by atoms with Crippen LogP contribution >= 0.6 is 0 Å². The fourth-order valence-corrected chi connectivity index (χ4v) is 7.01. The summed E-state index contributed by atoms with van der Waals surface area (Å²) in [5, 5.41) is 12.6. The van der Waals surface area contributed by atoms with E-state index in [2.05, 4.69) is 64.1 Å². The summed E-state index contributed by atoms with van der Waals surface area (Å²) in [4.78, 5) is 51.9. The Morgan fingerprint density at radius 3 is 2.49 bits per heavy atom. The lowest BCUT2D eigenvalue weighted by Crippen LogP contribution is -2.49. The monoisotopic (exact) mass is 601 g/mol.